The molecule has 4 rings (SSSR count). The summed E-state index contributed by atoms with van der Waals surface area (Å²) in [5.41, 5.74) is 1.32. The van der Waals surface area contributed by atoms with E-state index in [1.807, 2.05) is 18.2 Å². The molecule has 0 unspecified atom stereocenters. The van der Waals surface area contributed by atoms with E-state index in [9.17, 15) is 22.8 Å². The first-order valence-corrected chi connectivity index (χ1v) is 10.1. The van der Waals surface area contributed by atoms with Crippen LogP contribution in [-0.4, -0.2) is 24.3 Å². The minimum atomic E-state index is -4.72. The zero-order valence-electron chi connectivity index (χ0n) is 18.1. The number of ether oxygens (including phenoxy) is 1. The molecule has 0 atom stereocenters. The zero-order valence-corrected chi connectivity index (χ0v) is 18.1. The van der Waals surface area contributed by atoms with Crippen molar-refractivity contribution >= 4 is 11.4 Å². The molecule has 1 aromatic heterocycles. The lowest BCUT2D eigenvalue weighted by molar-refractivity contribution is -0.159. The lowest BCUT2D eigenvalue weighted by Crippen LogP contribution is -2.41. The van der Waals surface area contributed by atoms with Crippen LogP contribution >= 0.6 is 0 Å². The van der Waals surface area contributed by atoms with Gasteiger partial charge in [0.15, 0.2) is 0 Å². The average molecular weight is 472 g/mol. The van der Waals surface area contributed by atoms with Gasteiger partial charge in [-0.3, -0.25) is 9.59 Å². The zero-order chi connectivity index (χ0) is 24.5. The van der Waals surface area contributed by atoms with Gasteiger partial charge in [0.2, 0.25) is 5.82 Å². The molecule has 0 spiro atoms. The van der Waals surface area contributed by atoms with Crippen molar-refractivity contribution in [3.63, 3.8) is 0 Å². The topological polar surface area (TPSA) is 97.6 Å². The summed E-state index contributed by atoms with van der Waals surface area (Å²) < 4.78 is 47.4. The SMILES string of the molecule is COc1cccc(CNc2c(N(C)Cc3ccc(-c4noc(C(F)(F)F)n4)cc3)c(=O)c2=O)c1. The Morgan fingerprint density at radius 2 is 1.79 bits per heavy atom. The highest BCUT2D eigenvalue weighted by molar-refractivity contribution is 5.75. The monoisotopic (exact) mass is 472 g/mol. The van der Waals surface area contributed by atoms with Crippen molar-refractivity contribution in [2.24, 2.45) is 0 Å². The van der Waals surface area contributed by atoms with Crippen LogP contribution in [0.3, 0.4) is 0 Å². The van der Waals surface area contributed by atoms with E-state index in [0.29, 0.717) is 24.4 Å². The molecule has 34 heavy (non-hydrogen) atoms. The van der Waals surface area contributed by atoms with E-state index in [0.717, 1.165) is 11.1 Å². The fourth-order valence-electron chi connectivity index (χ4n) is 3.45. The second kappa shape index (κ2) is 9.00. The molecular weight excluding hydrogens is 453 g/mol. The molecule has 0 aliphatic heterocycles. The van der Waals surface area contributed by atoms with Crippen molar-refractivity contribution in [3.05, 3.63) is 86.0 Å². The minimum Gasteiger partial charge on any atom is -0.497 e. The minimum absolute atomic E-state index is 0.182. The first-order valence-electron chi connectivity index (χ1n) is 10.1. The van der Waals surface area contributed by atoms with Crippen LogP contribution in [0.4, 0.5) is 24.5 Å². The third-order valence-corrected chi connectivity index (χ3v) is 5.17. The molecule has 0 saturated heterocycles. The summed E-state index contributed by atoms with van der Waals surface area (Å²) in [6, 6.07) is 13.8. The molecule has 0 radical (unpaired) electrons. The Morgan fingerprint density at radius 3 is 2.44 bits per heavy atom. The second-order valence-corrected chi connectivity index (χ2v) is 7.56. The van der Waals surface area contributed by atoms with Gasteiger partial charge < -0.3 is 19.5 Å². The quantitative estimate of drug-likeness (QED) is 0.389. The van der Waals surface area contributed by atoms with E-state index in [1.165, 1.54) is 0 Å². The molecular formula is C23H19F3N4O4. The fraction of sp³-hybridized carbons (Fsp3) is 0.217. The summed E-state index contributed by atoms with van der Waals surface area (Å²) in [6.45, 7) is 0.626. The molecule has 4 aromatic rings. The number of hydrogen-bond acceptors (Lipinski definition) is 8. The van der Waals surface area contributed by atoms with E-state index in [1.54, 1.807) is 49.4 Å². The van der Waals surface area contributed by atoms with Gasteiger partial charge in [0.1, 0.15) is 17.1 Å². The molecule has 0 aliphatic carbocycles. The Labute approximate surface area is 191 Å². The number of halogens is 3. The summed E-state index contributed by atoms with van der Waals surface area (Å²) in [5, 5.41) is 6.38. The number of nitrogens with one attached hydrogen (secondary N) is 1. The van der Waals surface area contributed by atoms with Gasteiger partial charge in [-0.2, -0.15) is 18.2 Å². The van der Waals surface area contributed by atoms with Crippen molar-refractivity contribution < 1.29 is 22.4 Å². The Balaban J connectivity index is 1.44. The van der Waals surface area contributed by atoms with Gasteiger partial charge >= 0.3 is 12.1 Å². The van der Waals surface area contributed by atoms with Gasteiger partial charge in [-0.1, -0.05) is 41.6 Å². The number of aromatic nitrogens is 2. The van der Waals surface area contributed by atoms with Crippen molar-refractivity contribution in [2.75, 3.05) is 24.4 Å². The third-order valence-electron chi connectivity index (χ3n) is 5.17. The fourth-order valence-corrected chi connectivity index (χ4v) is 3.45. The maximum atomic E-state index is 12.6. The number of alkyl halides is 3. The summed E-state index contributed by atoms with van der Waals surface area (Å²) in [4.78, 5) is 29.3. The molecule has 1 heterocycles. The first-order chi connectivity index (χ1) is 16.2. The molecule has 0 amide bonds. The van der Waals surface area contributed by atoms with Gasteiger partial charge in [-0.25, -0.2) is 0 Å². The van der Waals surface area contributed by atoms with Crippen LogP contribution < -0.4 is 25.8 Å². The van der Waals surface area contributed by atoms with Crippen LogP contribution in [0.2, 0.25) is 0 Å². The van der Waals surface area contributed by atoms with Crippen molar-refractivity contribution in [1.82, 2.24) is 10.1 Å². The van der Waals surface area contributed by atoms with E-state index in [-0.39, 0.29) is 17.2 Å². The van der Waals surface area contributed by atoms with E-state index >= 15 is 0 Å². The standard InChI is InChI=1S/C23H19F3N4O4/c1-30(12-13-6-8-15(9-7-13)21-28-22(34-29-21)23(24,25)26)18-17(19(31)20(18)32)27-11-14-4-3-5-16(10-14)33-2/h3-10,27H,11-12H2,1-2H3. The summed E-state index contributed by atoms with van der Waals surface area (Å²) >= 11 is 0. The molecule has 0 saturated carbocycles. The number of nitrogens with zero attached hydrogens (tertiary/aromatic N) is 3. The van der Waals surface area contributed by atoms with Gasteiger partial charge in [0.25, 0.3) is 10.9 Å². The Hall–Kier alpha value is -4.15. The number of rotatable bonds is 8. The molecule has 8 nitrogen and oxygen atoms in total. The predicted molar refractivity (Wildman–Crippen MR) is 119 cm³/mol. The lowest BCUT2D eigenvalue weighted by Gasteiger charge is -2.24. The Kier molecular flexibility index (Phi) is 6.10. The van der Waals surface area contributed by atoms with Gasteiger partial charge in [0, 0.05) is 25.7 Å². The molecule has 176 valence electrons. The molecule has 0 aliphatic rings. The van der Waals surface area contributed by atoms with Crippen molar-refractivity contribution in [3.8, 4) is 17.1 Å². The Morgan fingerprint density at radius 1 is 1.06 bits per heavy atom. The van der Waals surface area contributed by atoms with Crippen LogP contribution in [-0.2, 0) is 19.3 Å². The van der Waals surface area contributed by atoms with Crippen molar-refractivity contribution in [1.29, 1.82) is 0 Å². The van der Waals surface area contributed by atoms with Crippen LogP contribution in [0, 0.1) is 0 Å². The molecule has 0 bridgehead atoms. The molecule has 3 aromatic carbocycles. The highest BCUT2D eigenvalue weighted by Gasteiger charge is 2.38. The summed E-state index contributed by atoms with van der Waals surface area (Å²) in [6.07, 6.45) is -4.72. The molecule has 1 N–H and O–H groups in total. The second-order valence-electron chi connectivity index (χ2n) is 7.56. The van der Waals surface area contributed by atoms with Gasteiger partial charge in [0.05, 0.1) is 7.11 Å². The normalized spacial score (nSPS) is 11.6. The Bertz CT molecular complexity index is 1370. The highest BCUT2D eigenvalue weighted by atomic mass is 19.4. The van der Waals surface area contributed by atoms with E-state index < -0.39 is 22.9 Å². The molecule has 0 fully saturated rings. The maximum absolute atomic E-state index is 12.6. The molecule has 11 heteroatoms. The number of hydrogen-bond donors (Lipinski definition) is 1. The predicted octanol–water partition coefficient (Wildman–Crippen LogP) is 3.61. The number of benzene rings is 2. The van der Waals surface area contributed by atoms with E-state index in [2.05, 4.69) is 20.0 Å². The van der Waals surface area contributed by atoms with Crippen molar-refractivity contribution in [2.45, 2.75) is 19.3 Å². The van der Waals surface area contributed by atoms with Crippen LogP contribution in [0.25, 0.3) is 11.4 Å². The highest BCUT2D eigenvalue weighted by Crippen LogP contribution is 2.29. The smallest absolute Gasteiger partial charge is 0.471 e. The third kappa shape index (κ3) is 4.63. The number of anilines is 2. The lowest BCUT2D eigenvalue weighted by atomic mass is 10.1. The number of methoxy groups -OCH3 is 1. The van der Waals surface area contributed by atoms with Gasteiger partial charge in [-0.05, 0) is 23.3 Å². The first kappa shape index (κ1) is 23.0. The maximum Gasteiger partial charge on any atom is 0.471 e. The van der Waals surface area contributed by atoms with Crippen LogP contribution in [0.1, 0.15) is 17.0 Å². The summed E-state index contributed by atoms with van der Waals surface area (Å²) in [7, 11) is 3.24. The summed E-state index contributed by atoms with van der Waals surface area (Å²) in [5.74, 6) is -0.917. The van der Waals surface area contributed by atoms with E-state index in [4.69, 9.17) is 4.74 Å². The van der Waals surface area contributed by atoms with Crippen LogP contribution in [0.5, 0.6) is 5.75 Å². The van der Waals surface area contributed by atoms with Gasteiger partial charge in [-0.15, -0.1) is 0 Å². The largest absolute Gasteiger partial charge is 0.497 e. The average Bonchev–Trinajstić information content (AvgIpc) is 3.32. The van der Waals surface area contributed by atoms with Crippen LogP contribution in [0.15, 0.2) is 62.6 Å².